The van der Waals surface area contributed by atoms with Crippen molar-refractivity contribution in [1.82, 2.24) is 9.62 Å². The number of fused-ring (bicyclic) bond motifs is 1. The number of carbonyl (C=O) groups is 1. The summed E-state index contributed by atoms with van der Waals surface area (Å²) in [6, 6.07) is -1.01. The number of ether oxygens (including phenoxy) is 2. The monoisotopic (exact) mass is 524 g/mol. The van der Waals surface area contributed by atoms with Crippen molar-refractivity contribution >= 4 is 38.6 Å². The van der Waals surface area contributed by atoms with Gasteiger partial charge in [0.25, 0.3) is 0 Å². The molecule has 1 N–H and O–H groups in total. The van der Waals surface area contributed by atoms with Crippen molar-refractivity contribution in [2.45, 2.75) is 74.2 Å². The number of nitrogens with one attached hydrogen (secondary N) is 1. The van der Waals surface area contributed by atoms with Crippen LogP contribution in [0.1, 0.15) is 52.4 Å². The summed E-state index contributed by atoms with van der Waals surface area (Å²) in [4.78, 5) is 13.3. The lowest BCUT2D eigenvalue weighted by Crippen LogP contribution is -2.60. The minimum atomic E-state index is -3.62. The maximum Gasteiger partial charge on any atom is 0.331 e. The molecule has 3 aliphatic carbocycles. The zero-order valence-electron chi connectivity index (χ0n) is 16.4. The maximum atomic E-state index is 13.3. The Kier molecular flexibility index (Phi) is 4.38. The number of amides is 2. The van der Waals surface area contributed by atoms with Gasteiger partial charge in [0.1, 0.15) is 0 Å². The summed E-state index contributed by atoms with van der Waals surface area (Å²) in [7, 11) is -3.62. The lowest BCUT2D eigenvalue weighted by atomic mass is 9.69. The fourth-order valence-electron chi connectivity index (χ4n) is 6.86. The Hall–Kier alpha value is -0.130. The fraction of sp³-hybridized carbons (Fsp3) is 0.947. The summed E-state index contributed by atoms with van der Waals surface area (Å²) in [5.41, 5.74) is -0.344. The topological polar surface area (TPSA) is 84.9 Å². The molecule has 9 heteroatoms. The predicted octanol–water partition coefficient (Wildman–Crippen LogP) is 2.64. The van der Waals surface area contributed by atoms with E-state index in [0.29, 0.717) is 29.5 Å². The van der Waals surface area contributed by atoms with E-state index in [-0.39, 0.29) is 28.7 Å². The van der Waals surface area contributed by atoms with E-state index in [1.807, 2.05) is 0 Å². The van der Waals surface area contributed by atoms with E-state index in [2.05, 4.69) is 41.8 Å². The van der Waals surface area contributed by atoms with E-state index in [1.54, 1.807) is 0 Å². The molecule has 5 aliphatic rings. The average Bonchev–Trinajstić information content (AvgIpc) is 3.27. The molecule has 2 heterocycles. The van der Waals surface area contributed by atoms with Crippen LogP contribution < -0.4 is 5.32 Å². The van der Waals surface area contributed by atoms with Gasteiger partial charge in [-0.05, 0) is 43.4 Å². The van der Waals surface area contributed by atoms with Crippen LogP contribution in [-0.4, -0.2) is 59.5 Å². The Bertz CT molecular complexity index is 796. The highest BCUT2D eigenvalue weighted by molar-refractivity contribution is 14.1. The minimum absolute atomic E-state index is 0.0437. The van der Waals surface area contributed by atoms with Crippen molar-refractivity contribution in [3.63, 3.8) is 0 Å². The highest BCUT2D eigenvalue weighted by Gasteiger charge is 2.72. The van der Waals surface area contributed by atoms with Crippen LogP contribution in [0.25, 0.3) is 0 Å². The molecule has 0 aromatic rings. The average molecular weight is 524 g/mol. The fourth-order valence-corrected chi connectivity index (χ4v) is 10.3. The Balaban J connectivity index is 1.41. The van der Waals surface area contributed by atoms with E-state index < -0.39 is 21.8 Å². The number of halogens is 1. The van der Waals surface area contributed by atoms with Crippen molar-refractivity contribution in [3.05, 3.63) is 0 Å². The van der Waals surface area contributed by atoms with E-state index >= 15 is 0 Å². The number of carbonyl (C=O) groups excluding carboxylic acids is 1. The zero-order chi connectivity index (χ0) is 19.9. The van der Waals surface area contributed by atoms with Crippen molar-refractivity contribution in [2.75, 3.05) is 19.0 Å². The van der Waals surface area contributed by atoms with Crippen LogP contribution in [0.15, 0.2) is 0 Å². The summed E-state index contributed by atoms with van der Waals surface area (Å²) < 4.78 is 39.7. The van der Waals surface area contributed by atoms with Crippen molar-refractivity contribution in [2.24, 2.45) is 16.7 Å². The van der Waals surface area contributed by atoms with Crippen LogP contribution in [0.3, 0.4) is 0 Å². The molecule has 158 valence electrons. The first-order valence-electron chi connectivity index (χ1n) is 10.4. The molecular formula is C19H29IN2O5S. The number of urea groups is 1. The third-order valence-corrected chi connectivity index (χ3v) is 11.5. The third-order valence-electron chi connectivity index (χ3n) is 8.49. The van der Waals surface area contributed by atoms with Crippen LogP contribution in [0.4, 0.5) is 4.79 Å². The normalized spacial score (nSPS) is 44.8. The Morgan fingerprint density at radius 3 is 2.57 bits per heavy atom. The zero-order valence-corrected chi connectivity index (χ0v) is 19.4. The molecule has 2 aliphatic heterocycles. The smallest absolute Gasteiger partial charge is 0.331 e. The van der Waals surface area contributed by atoms with Gasteiger partial charge in [-0.3, -0.25) is 0 Å². The van der Waals surface area contributed by atoms with E-state index in [4.69, 9.17) is 9.47 Å². The highest BCUT2D eigenvalue weighted by atomic mass is 127. The Morgan fingerprint density at radius 2 is 1.89 bits per heavy atom. The lowest BCUT2D eigenvalue weighted by molar-refractivity contribution is -0.190. The molecule has 2 spiro atoms. The van der Waals surface area contributed by atoms with Gasteiger partial charge < -0.3 is 14.8 Å². The molecule has 2 saturated heterocycles. The summed E-state index contributed by atoms with van der Waals surface area (Å²) in [5.74, 6) is -0.222. The number of alkyl halides is 1. The van der Waals surface area contributed by atoms with Gasteiger partial charge in [0, 0.05) is 15.8 Å². The van der Waals surface area contributed by atoms with Crippen molar-refractivity contribution in [3.8, 4) is 0 Å². The van der Waals surface area contributed by atoms with Gasteiger partial charge in [-0.15, -0.1) is 0 Å². The second-order valence-electron chi connectivity index (χ2n) is 9.81. The lowest BCUT2D eigenvalue weighted by Gasteiger charge is -2.42. The number of sulfonamides is 1. The summed E-state index contributed by atoms with van der Waals surface area (Å²) >= 11 is 2.40. The highest BCUT2D eigenvalue weighted by Crippen LogP contribution is 2.70. The standard InChI is InChI=1S/C19H29IN2O5S/c1-17(2)12-5-6-18(17)11-28(24,25)22(15(18)9-12)16(23)21-14-4-3-13(20)10-19(14)26-7-8-27-19/h12-15H,3-11H2,1-2H3,(H,21,23)/t12-,13-,14-,15-,18-/m0/s1. The molecular weight excluding hydrogens is 495 g/mol. The van der Waals surface area contributed by atoms with Gasteiger partial charge in [0.05, 0.1) is 31.1 Å². The van der Waals surface area contributed by atoms with Crippen LogP contribution in [-0.2, 0) is 19.5 Å². The largest absolute Gasteiger partial charge is 0.345 e. The van der Waals surface area contributed by atoms with Crippen LogP contribution in [0.2, 0.25) is 0 Å². The number of nitrogens with zero attached hydrogens (tertiary/aromatic N) is 1. The first-order valence-corrected chi connectivity index (χ1v) is 13.2. The van der Waals surface area contributed by atoms with Crippen LogP contribution in [0.5, 0.6) is 0 Å². The van der Waals surface area contributed by atoms with Crippen molar-refractivity contribution in [1.29, 1.82) is 0 Å². The molecule has 28 heavy (non-hydrogen) atoms. The molecule has 3 saturated carbocycles. The SMILES string of the molecule is CC1(C)[C@H]2CC[C@@]13CS(=O)(=O)N(C(=O)N[C@H]1CC[C@H](I)CC14OCCO4)[C@H]3C2. The van der Waals surface area contributed by atoms with Gasteiger partial charge in [0.2, 0.25) is 10.0 Å². The summed E-state index contributed by atoms with van der Waals surface area (Å²) in [6.45, 7) is 5.41. The maximum absolute atomic E-state index is 13.3. The van der Waals surface area contributed by atoms with Gasteiger partial charge in [-0.25, -0.2) is 17.5 Å². The molecule has 5 fully saturated rings. The Morgan fingerprint density at radius 1 is 1.18 bits per heavy atom. The van der Waals surface area contributed by atoms with Gasteiger partial charge in [0.15, 0.2) is 5.79 Å². The molecule has 7 nitrogen and oxygen atoms in total. The third kappa shape index (κ3) is 2.51. The molecule has 5 atom stereocenters. The molecule has 0 aromatic heterocycles. The van der Waals surface area contributed by atoms with Crippen LogP contribution >= 0.6 is 22.6 Å². The van der Waals surface area contributed by atoms with E-state index in [1.165, 1.54) is 4.31 Å². The van der Waals surface area contributed by atoms with Gasteiger partial charge in [-0.1, -0.05) is 36.4 Å². The molecule has 2 bridgehead atoms. The Labute approximate surface area is 180 Å². The summed E-state index contributed by atoms with van der Waals surface area (Å²) in [5, 5.41) is 3.02. The van der Waals surface area contributed by atoms with Gasteiger partial charge >= 0.3 is 6.03 Å². The molecule has 0 radical (unpaired) electrons. The first kappa shape index (κ1) is 19.8. The molecule has 5 rings (SSSR count). The van der Waals surface area contributed by atoms with Crippen molar-refractivity contribution < 1.29 is 22.7 Å². The molecule has 0 unspecified atom stereocenters. The quantitative estimate of drug-likeness (QED) is 0.421. The second kappa shape index (κ2) is 6.20. The second-order valence-corrected chi connectivity index (χ2v) is 13.4. The number of hydrogen-bond acceptors (Lipinski definition) is 5. The van der Waals surface area contributed by atoms with Gasteiger partial charge in [-0.2, -0.15) is 0 Å². The number of hydrogen-bond donors (Lipinski definition) is 1. The number of rotatable bonds is 1. The molecule has 0 aromatic carbocycles. The van der Waals surface area contributed by atoms with E-state index in [9.17, 15) is 13.2 Å². The predicted molar refractivity (Wildman–Crippen MR) is 112 cm³/mol. The van der Waals surface area contributed by atoms with E-state index in [0.717, 1.165) is 32.1 Å². The minimum Gasteiger partial charge on any atom is -0.345 e. The van der Waals surface area contributed by atoms with Crippen LogP contribution in [0, 0.1) is 16.7 Å². The molecule has 2 amide bonds. The summed E-state index contributed by atoms with van der Waals surface area (Å²) in [6.07, 6.45) is 5.16. The first-order chi connectivity index (χ1) is 13.1.